The summed E-state index contributed by atoms with van der Waals surface area (Å²) in [5, 5.41) is 2.31. The summed E-state index contributed by atoms with van der Waals surface area (Å²) in [6.07, 6.45) is 0.0970. The number of hydrogen-bond donors (Lipinski definition) is 1. The second-order valence-corrected chi connectivity index (χ2v) is 6.02. The second kappa shape index (κ2) is 5.98. The van der Waals surface area contributed by atoms with Crippen LogP contribution in [-0.4, -0.2) is 21.2 Å². The molecule has 2 heterocycles. The van der Waals surface area contributed by atoms with Gasteiger partial charge in [-0.05, 0) is 24.3 Å². The molecule has 26 heavy (non-hydrogen) atoms. The molecule has 1 aliphatic rings. The Morgan fingerprint density at radius 2 is 1.85 bits per heavy atom. The van der Waals surface area contributed by atoms with Crippen LogP contribution in [0.1, 0.15) is 18.2 Å². The summed E-state index contributed by atoms with van der Waals surface area (Å²) >= 11 is 0. The molecule has 3 aromatic rings. The number of aryl methyl sites for hydroxylation is 1. The van der Waals surface area contributed by atoms with Gasteiger partial charge in [0.1, 0.15) is 23.3 Å². The molecule has 1 unspecified atom stereocenters. The van der Waals surface area contributed by atoms with Crippen molar-refractivity contribution in [1.29, 1.82) is 0 Å². The van der Waals surface area contributed by atoms with E-state index in [9.17, 15) is 22.8 Å². The van der Waals surface area contributed by atoms with Gasteiger partial charge in [-0.2, -0.15) is 0 Å². The van der Waals surface area contributed by atoms with Crippen molar-refractivity contribution in [2.75, 3.05) is 5.32 Å². The minimum atomic E-state index is -1.25. The number of halogens is 3. The van der Waals surface area contributed by atoms with Gasteiger partial charge in [-0.25, -0.2) is 18.2 Å². The quantitative estimate of drug-likeness (QED) is 0.715. The van der Waals surface area contributed by atoms with E-state index in [1.54, 1.807) is 4.57 Å². The summed E-state index contributed by atoms with van der Waals surface area (Å²) in [5.74, 6) is -4.40. The lowest BCUT2D eigenvalue weighted by molar-refractivity contribution is -0.128. The van der Waals surface area contributed by atoms with Gasteiger partial charge in [0, 0.05) is 25.1 Å². The zero-order valence-electron chi connectivity index (χ0n) is 13.3. The van der Waals surface area contributed by atoms with Crippen molar-refractivity contribution in [3.8, 4) is 0 Å². The molecule has 0 saturated heterocycles. The van der Waals surface area contributed by atoms with Crippen LogP contribution >= 0.6 is 0 Å². The molecule has 0 aliphatic carbocycles. The zero-order valence-corrected chi connectivity index (χ0v) is 13.3. The van der Waals surface area contributed by atoms with Crippen molar-refractivity contribution in [3.05, 3.63) is 59.7 Å². The third-order valence-corrected chi connectivity index (χ3v) is 4.35. The first kappa shape index (κ1) is 16.3. The maximum atomic E-state index is 13.8. The minimum Gasteiger partial charge on any atom is -0.326 e. The maximum absolute atomic E-state index is 13.8. The SMILES string of the molecule is O=C1CCn2c(nc3cc(F)ccc32)C1C(=O)Nc1ccc(F)cc1F. The van der Waals surface area contributed by atoms with E-state index in [4.69, 9.17) is 0 Å². The average molecular weight is 359 g/mol. The van der Waals surface area contributed by atoms with E-state index in [0.717, 1.165) is 12.1 Å². The van der Waals surface area contributed by atoms with Crippen molar-refractivity contribution in [3.63, 3.8) is 0 Å². The van der Waals surface area contributed by atoms with Crippen molar-refractivity contribution in [1.82, 2.24) is 9.55 Å². The van der Waals surface area contributed by atoms with Crippen LogP contribution in [0.25, 0.3) is 11.0 Å². The van der Waals surface area contributed by atoms with Gasteiger partial charge in [0.15, 0.2) is 11.7 Å². The summed E-state index contributed by atoms with van der Waals surface area (Å²) in [4.78, 5) is 29.2. The van der Waals surface area contributed by atoms with E-state index in [1.807, 2.05) is 0 Å². The van der Waals surface area contributed by atoms with Gasteiger partial charge in [-0.3, -0.25) is 9.59 Å². The number of ketones is 1. The Morgan fingerprint density at radius 3 is 2.62 bits per heavy atom. The topological polar surface area (TPSA) is 64.0 Å². The Hall–Kier alpha value is -3.16. The van der Waals surface area contributed by atoms with E-state index in [-0.39, 0.29) is 23.7 Å². The highest BCUT2D eigenvalue weighted by molar-refractivity contribution is 6.12. The fourth-order valence-electron chi connectivity index (χ4n) is 3.15. The van der Waals surface area contributed by atoms with Crippen molar-refractivity contribution in [2.45, 2.75) is 18.9 Å². The maximum Gasteiger partial charge on any atom is 0.242 e. The van der Waals surface area contributed by atoms with Gasteiger partial charge < -0.3 is 9.88 Å². The van der Waals surface area contributed by atoms with Gasteiger partial charge in [0.05, 0.1) is 16.7 Å². The van der Waals surface area contributed by atoms with Crippen LogP contribution in [0.4, 0.5) is 18.9 Å². The number of fused-ring (bicyclic) bond motifs is 3. The third-order valence-electron chi connectivity index (χ3n) is 4.35. The lowest BCUT2D eigenvalue weighted by Crippen LogP contribution is -2.34. The van der Waals surface area contributed by atoms with E-state index < -0.39 is 29.3 Å². The molecular weight excluding hydrogens is 347 g/mol. The first-order valence-corrected chi connectivity index (χ1v) is 7.88. The number of nitrogens with one attached hydrogen (secondary N) is 1. The number of nitrogens with zero attached hydrogens (tertiary/aromatic N) is 2. The molecule has 0 bridgehead atoms. The number of amides is 1. The molecule has 1 amide bonds. The van der Waals surface area contributed by atoms with Gasteiger partial charge in [-0.1, -0.05) is 0 Å². The molecule has 1 atom stereocenters. The fourth-order valence-corrected chi connectivity index (χ4v) is 3.15. The number of imidazole rings is 1. The average Bonchev–Trinajstić information content (AvgIpc) is 2.94. The summed E-state index contributed by atoms with van der Waals surface area (Å²) in [7, 11) is 0. The number of hydrogen-bond acceptors (Lipinski definition) is 3. The Morgan fingerprint density at radius 1 is 1.12 bits per heavy atom. The van der Waals surface area contributed by atoms with Crippen molar-refractivity contribution >= 4 is 28.4 Å². The van der Waals surface area contributed by atoms with E-state index in [2.05, 4.69) is 10.3 Å². The van der Waals surface area contributed by atoms with E-state index in [0.29, 0.717) is 23.6 Å². The van der Waals surface area contributed by atoms with Crippen molar-refractivity contribution in [2.24, 2.45) is 0 Å². The van der Waals surface area contributed by atoms with E-state index >= 15 is 0 Å². The van der Waals surface area contributed by atoms with Gasteiger partial charge in [0.2, 0.25) is 5.91 Å². The molecule has 8 heteroatoms. The predicted octanol–water partition coefficient (Wildman–Crippen LogP) is 3.15. The largest absolute Gasteiger partial charge is 0.326 e. The summed E-state index contributed by atoms with van der Waals surface area (Å²) in [6.45, 7) is 0.324. The summed E-state index contributed by atoms with van der Waals surface area (Å²) in [5.41, 5.74) is 0.712. The summed E-state index contributed by atoms with van der Waals surface area (Å²) in [6, 6.07) is 6.74. The van der Waals surface area contributed by atoms with Gasteiger partial charge >= 0.3 is 0 Å². The molecule has 132 valence electrons. The molecular formula is C18H12F3N3O2. The zero-order chi connectivity index (χ0) is 18.4. The summed E-state index contributed by atoms with van der Waals surface area (Å²) < 4.78 is 41.9. The van der Waals surface area contributed by atoms with Crippen LogP contribution < -0.4 is 5.32 Å². The van der Waals surface area contributed by atoms with Crippen LogP contribution in [-0.2, 0) is 16.1 Å². The highest BCUT2D eigenvalue weighted by atomic mass is 19.1. The molecule has 0 radical (unpaired) electrons. The van der Waals surface area contributed by atoms with Crippen LogP contribution in [0, 0.1) is 17.5 Å². The number of benzene rings is 2. The van der Waals surface area contributed by atoms with Crippen LogP contribution in [0.5, 0.6) is 0 Å². The second-order valence-electron chi connectivity index (χ2n) is 6.02. The smallest absolute Gasteiger partial charge is 0.242 e. The van der Waals surface area contributed by atoms with Crippen LogP contribution in [0.2, 0.25) is 0 Å². The number of carbonyl (C=O) groups excluding carboxylic acids is 2. The Labute approximate surface area is 145 Å². The first-order valence-electron chi connectivity index (χ1n) is 7.88. The minimum absolute atomic E-state index is 0.0970. The molecule has 0 fully saturated rings. The molecule has 4 rings (SSSR count). The van der Waals surface area contributed by atoms with Crippen molar-refractivity contribution < 1.29 is 22.8 Å². The molecule has 5 nitrogen and oxygen atoms in total. The Kier molecular flexibility index (Phi) is 3.75. The van der Waals surface area contributed by atoms with Gasteiger partial charge in [0.25, 0.3) is 0 Å². The Bertz CT molecular complexity index is 1060. The standard InChI is InChI=1S/C18H12F3N3O2/c19-9-1-3-12(11(21)7-9)23-18(26)16-15(25)5-6-24-14-4-2-10(20)8-13(14)22-17(16)24/h1-4,7-8,16H,5-6H2,(H,23,26). The van der Waals surface area contributed by atoms with Crippen LogP contribution in [0.15, 0.2) is 36.4 Å². The number of anilines is 1. The monoisotopic (exact) mass is 359 g/mol. The van der Waals surface area contributed by atoms with E-state index in [1.165, 1.54) is 18.2 Å². The highest BCUT2D eigenvalue weighted by Gasteiger charge is 2.36. The normalized spacial score (nSPS) is 16.6. The highest BCUT2D eigenvalue weighted by Crippen LogP contribution is 2.30. The van der Waals surface area contributed by atoms with Gasteiger partial charge in [-0.15, -0.1) is 0 Å². The predicted molar refractivity (Wildman–Crippen MR) is 87.0 cm³/mol. The third kappa shape index (κ3) is 2.63. The molecule has 0 spiro atoms. The number of Topliss-reactive ketones (excluding diaryl/α,β-unsaturated/α-hetero) is 1. The van der Waals surface area contributed by atoms with Crippen LogP contribution in [0.3, 0.4) is 0 Å². The lowest BCUT2D eigenvalue weighted by atomic mass is 9.96. The molecule has 1 aromatic heterocycles. The number of carbonyl (C=O) groups is 2. The first-order chi connectivity index (χ1) is 12.4. The fraction of sp³-hybridized carbons (Fsp3) is 0.167. The molecule has 2 aromatic carbocycles. The molecule has 1 aliphatic heterocycles. The molecule has 0 saturated carbocycles. The number of rotatable bonds is 2. The number of aromatic nitrogens is 2. The molecule has 1 N–H and O–H groups in total. The Balaban J connectivity index is 1.73. The lowest BCUT2D eigenvalue weighted by Gasteiger charge is -2.22.